The zero-order valence-electron chi connectivity index (χ0n) is 12.9. The maximum atomic E-state index is 8.98. The van der Waals surface area contributed by atoms with Crippen LogP contribution < -0.4 is 0 Å². The standard InChI is InChI=1S/C18H31NO/c20-16-10-9-15-19-17-11-7-5-3-1-2-4-6-8-12-18(19)14-13-17/h13-14,20H,1-12,15-16H2. The van der Waals surface area contributed by atoms with E-state index in [1.807, 2.05) is 0 Å². The molecule has 0 saturated heterocycles. The van der Waals surface area contributed by atoms with Crippen LogP contribution in [-0.4, -0.2) is 16.3 Å². The summed E-state index contributed by atoms with van der Waals surface area (Å²) >= 11 is 0. The second kappa shape index (κ2) is 9.23. The molecule has 0 unspecified atom stereocenters. The summed E-state index contributed by atoms with van der Waals surface area (Å²) in [5, 5.41) is 8.98. The highest BCUT2D eigenvalue weighted by Crippen LogP contribution is 2.19. The Kier molecular flexibility index (Phi) is 7.21. The first-order valence-electron chi connectivity index (χ1n) is 8.70. The molecule has 1 N–H and O–H groups in total. The van der Waals surface area contributed by atoms with Crippen LogP contribution in [0.3, 0.4) is 0 Å². The fourth-order valence-electron chi connectivity index (χ4n) is 3.34. The molecular formula is C18H31NO. The van der Waals surface area contributed by atoms with Gasteiger partial charge in [0.2, 0.25) is 0 Å². The van der Waals surface area contributed by atoms with Gasteiger partial charge in [-0.05, 0) is 50.7 Å². The first kappa shape index (κ1) is 15.6. The molecule has 1 aromatic heterocycles. The molecule has 2 nitrogen and oxygen atoms in total. The summed E-state index contributed by atoms with van der Waals surface area (Å²) in [5.41, 5.74) is 3.05. The number of aliphatic hydroxyl groups excluding tert-OH is 1. The third-order valence-electron chi connectivity index (χ3n) is 4.57. The van der Waals surface area contributed by atoms with Crippen LogP contribution in [0.5, 0.6) is 0 Å². The van der Waals surface area contributed by atoms with Crippen molar-refractivity contribution in [2.24, 2.45) is 0 Å². The van der Waals surface area contributed by atoms with Gasteiger partial charge in [0.25, 0.3) is 0 Å². The van der Waals surface area contributed by atoms with E-state index < -0.39 is 0 Å². The molecular weight excluding hydrogens is 246 g/mol. The highest BCUT2D eigenvalue weighted by molar-refractivity contribution is 5.17. The average Bonchev–Trinajstić information content (AvgIpc) is 2.84. The summed E-state index contributed by atoms with van der Waals surface area (Å²) in [5.74, 6) is 0. The minimum absolute atomic E-state index is 0.325. The second-order valence-corrected chi connectivity index (χ2v) is 6.23. The van der Waals surface area contributed by atoms with Crippen LogP contribution in [-0.2, 0) is 19.4 Å². The number of unbranched alkanes of at least 4 members (excludes halogenated alkanes) is 1. The van der Waals surface area contributed by atoms with Gasteiger partial charge in [-0.25, -0.2) is 0 Å². The summed E-state index contributed by atoms with van der Waals surface area (Å²) in [6.07, 6.45) is 15.6. The van der Waals surface area contributed by atoms with E-state index in [9.17, 15) is 0 Å². The lowest BCUT2D eigenvalue weighted by Crippen LogP contribution is -2.08. The lowest BCUT2D eigenvalue weighted by atomic mass is 10.1. The third kappa shape index (κ3) is 4.97. The van der Waals surface area contributed by atoms with Crippen molar-refractivity contribution in [2.75, 3.05) is 6.61 Å². The Morgan fingerprint density at radius 2 is 1.25 bits per heavy atom. The SMILES string of the molecule is OCCCCn1c2ccc1CCCCCCCCCC2. The van der Waals surface area contributed by atoms with Crippen LogP contribution in [0.25, 0.3) is 0 Å². The van der Waals surface area contributed by atoms with Gasteiger partial charge in [0.1, 0.15) is 0 Å². The van der Waals surface area contributed by atoms with Crippen molar-refractivity contribution in [1.29, 1.82) is 0 Å². The Morgan fingerprint density at radius 3 is 1.75 bits per heavy atom. The molecule has 0 atom stereocenters. The number of aromatic nitrogens is 1. The summed E-state index contributed by atoms with van der Waals surface area (Å²) < 4.78 is 2.55. The van der Waals surface area contributed by atoms with Gasteiger partial charge < -0.3 is 9.67 Å². The molecule has 2 rings (SSSR count). The van der Waals surface area contributed by atoms with Gasteiger partial charge in [0.15, 0.2) is 0 Å². The van der Waals surface area contributed by atoms with Crippen molar-refractivity contribution in [3.63, 3.8) is 0 Å². The van der Waals surface area contributed by atoms with E-state index in [2.05, 4.69) is 16.7 Å². The van der Waals surface area contributed by atoms with E-state index >= 15 is 0 Å². The fraction of sp³-hybridized carbons (Fsp3) is 0.778. The zero-order chi connectivity index (χ0) is 14.0. The van der Waals surface area contributed by atoms with Gasteiger partial charge in [-0.3, -0.25) is 0 Å². The summed E-state index contributed by atoms with van der Waals surface area (Å²) in [4.78, 5) is 0. The number of hydrogen-bond acceptors (Lipinski definition) is 1. The smallest absolute Gasteiger partial charge is 0.0431 e. The average molecular weight is 277 g/mol. The van der Waals surface area contributed by atoms with Crippen molar-refractivity contribution in [2.45, 2.75) is 83.6 Å². The highest BCUT2D eigenvalue weighted by atomic mass is 16.2. The number of nitrogens with zero attached hydrogens (tertiary/aromatic N) is 1. The number of aliphatic hydroxyl groups is 1. The van der Waals surface area contributed by atoms with Gasteiger partial charge in [0.05, 0.1) is 0 Å². The predicted molar refractivity (Wildman–Crippen MR) is 85.1 cm³/mol. The minimum Gasteiger partial charge on any atom is -0.396 e. The molecule has 0 radical (unpaired) electrons. The molecule has 20 heavy (non-hydrogen) atoms. The Labute approximate surface area is 124 Å². The summed E-state index contributed by atoms with van der Waals surface area (Å²) in [6.45, 7) is 1.42. The van der Waals surface area contributed by atoms with E-state index in [4.69, 9.17) is 5.11 Å². The molecule has 114 valence electrons. The van der Waals surface area contributed by atoms with Crippen LogP contribution in [0.15, 0.2) is 12.1 Å². The van der Waals surface area contributed by atoms with E-state index in [1.54, 1.807) is 0 Å². The maximum Gasteiger partial charge on any atom is 0.0431 e. The Hall–Kier alpha value is -0.760. The van der Waals surface area contributed by atoms with Gasteiger partial charge >= 0.3 is 0 Å². The molecule has 0 saturated carbocycles. The van der Waals surface area contributed by atoms with Crippen molar-refractivity contribution in [3.8, 4) is 0 Å². The Balaban J connectivity index is 2.00. The van der Waals surface area contributed by atoms with Crippen LogP contribution >= 0.6 is 0 Å². The van der Waals surface area contributed by atoms with Crippen LogP contribution in [0.2, 0.25) is 0 Å². The highest BCUT2D eigenvalue weighted by Gasteiger charge is 2.08. The molecule has 0 aliphatic carbocycles. The normalized spacial score (nSPS) is 18.1. The minimum atomic E-state index is 0.325. The summed E-state index contributed by atoms with van der Waals surface area (Å²) in [7, 11) is 0. The topological polar surface area (TPSA) is 25.2 Å². The maximum absolute atomic E-state index is 8.98. The Morgan fingerprint density at radius 1 is 0.750 bits per heavy atom. The number of hydrogen-bond donors (Lipinski definition) is 1. The van der Waals surface area contributed by atoms with Gasteiger partial charge in [-0.2, -0.15) is 0 Å². The van der Waals surface area contributed by atoms with Gasteiger partial charge in [-0.1, -0.05) is 38.5 Å². The monoisotopic (exact) mass is 277 g/mol. The van der Waals surface area contributed by atoms with Crippen LogP contribution in [0, 0.1) is 0 Å². The molecule has 1 aromatic rings. The lowest BCUT2D eigenvalue weighted by molar-refractivity contribution is 0.280. The molecule has 0 fully saturated rings. The number of aryl methyl sites for hydroxylation is 2. The predicted octanol–water partition coefficient (Wildman–Crippen LogP) is 4.48. The van der Waals surface area contributed by atoms with Crippen molar-refractivity contribution >= 4 is 0 Å². The summed E-state index contributed by atoms with van der Waals surface area (Å²) in [6, 6.07) is 4.69. The fourth-order valence-corrected chi connectivity index (χ4v) is 3.34. The van der Waals surface area contributed by atoms with Crippen molar-refractivity contribution in [1.82, 2.24) is 4.57 Å². The van der Waals surface area contributed by atoms with E-state index in [0.717, 1.165) is 19.4 Å². The van der Waals surface area contributed by atoms with E-state index in [-0.39, 0.29) is 0 Å². The zero-order valence-corrected chi connectivity index (χ0v) is 12.9. The second-order valence-electron chi connectivity index (χ2n) is 6.23. The molecule has 2 heteroatoms. The molecule has 1 aliphatic heterocycles. The quantitative estimate of drug-likeness (QED) is 0.807. The first-order chi connectivity index (χ1) is 9.92. The Bertz CT molecular complexity index is 340. The van der Waals surface area contributed by atoms with Crippen LogP contribution in [0.4, 0.5) is 0 Å². The van der Waals surface area contributed by atoms with E-state index in [1.165, 1.54) is 75.6 Å². The van der Waals surface area contributed by atoms with Gasteiger partial charge in [0, 0.05) is 24.5 Å². The molecule has 0 aromatic carbocycles. The molecule has 2 heterocycles. The van der Waals surface area contributed by atoms with Gasteiger partial charge in [-0.15, -0.1) is 0 Å². The van der Waals surface area contributed by atoms with Crippen molar-refractivity contribution in [3.05, 3.63) is 23.5 Å². The third-order valence-corrected chi connectivity index (χ3v) is 4.57. The van der Waals surface area contributed by atoms with E-state index in [0.29, 0.717) is 6.61 Å². The molecule has 0 amide bonds. The number of fused-ring (bicyclic) bond motifs is 2. The molecule has 0 spiro atoms. The molecule has 2 bridgehead atoms. The van der Waals surface area contributed by atoms with Crippen LogP contribution in [0.1, 0.15) is 75.6 Å². The molecule has 1 aliphatic rings. The largest absolute Gasteiger partial charge is 0.396 e. The first-order valence-corrected chi connectivity index (χ1v) is 8.70. The van der Waals surface area contributed by atoms with Crippen molar-refractivity contribution < 1.29 is 5.11 Å². The number of rotatable bonds is 4. The lowest BCUT2D eigenvalue weighted by Gasteiger charge is -2.13.